The van der Waals surface area contributed by atoms with Crippen molar-refractivity contribution < 1.29 is 4.79 Å². The molecule has 1 aromatic rings. The van der Waals surface area contributed by atoms with E-state index in [1.165, 1.54) is 0 Å². The summed E-state index contributed by atoms with van der Waals surface area (Å²) >= 11 is 0. The maximum absolute atomic E-state index is 13.1. The second-order valence-corrected chi connectivity index (χ2v) is 7.41. The highest BCUT2D eigenvalue weighted by molar-refractivity contribution is 5.84. The fourth-order valence-corrected chi connectivity index (χ4v) is 3.82. The molecule has 1 amide bonds. The van der Waals surface area contributed by atoms with Crippen LogP contribution < -0.4 is 5.32 Å². The molecular weight excluding hydrogens is 262 g/mol. The van der Waals surface area contributed by atoms with Crippen LogP contribution in [-0.4, -0.2) is 35.4 Å². The van der Waals surface area contributed by atoms with Gasteiger partial charge in [-0.1, -0.05) is 33.8 Å². The molecule has 1 aromatic heterocycles. The van der Waals surface area contributed by atoms with Gasteiger partial charge in [0.05, 0.1) is 6.04 Å². The van der Waals surface area contributed by atoms with Crippen LogP contribution in [-0.2, 0) is 4.79 Å². The molecule has 4 heteroatoms. The highest BCUT2D eigenvalue weighted by Crippen LogP contribution is 2.69. The molecule has 2 heterocycles. The summed E-state index contributed by atoms with van der Waals surface area (Å²) in [6, 6.07) is 4.11. The zero-order valence-corrected chi connectivity index (χ0v) is 13.4. The number of amides is 1. The maximum Gasteiger partial charge on any atom is 0.227 e. The fourth-order valence-electron chi connectivity index (χ4n) is 3.82. The van der Waals surface area contributed by atoms with Crippen LogP contribution in [0.25, 0.3) is 0 Å². The molecule has 1 aliphatic heterocycles. The van der Waals surface area contributed by atoms with E-state index >= 15 is 0 Å². The molecule has 1 N–H and O–H groups in total. The average Bonchev–Trinajstić information content (AvgIpc) is 2.89. The molecule has 1 unspecified atom stereocenters. The average molecular weight is 287 g/mol. The van der Waals surface area contributed by atoms with Crippen LogP contribution in [0.2, 0.25) is 0 Å². The lowest BCUT2D eigenvalue weighted by atomic mass is 10.0. The lowest BCUT2D eigenvalue weighted by molar-refractivity contribution is -0.137. The number of nitrogens with zero attached hydrogens (tertiary/aromatic N) is 2. The summed E-state index contributed by atoms with van der Waals surface area (Å²) in [5.41, 5.74) is 1.30. The monoisotopic (exact) mass is 287 g/mol. The Labute approximate surface area is 126 Å². The minimum absolute atomic E-state index is 0.0917. The molecule has 2 fully saturated rings. The van der Waals surface area contributed by atoms with E-state index < -0.39 is 0 Å². The van der Waals surface area contributed by atoms with E-state index in [-0.39, 0.29) is 22.8 Å². The number of carbonyl (C=O) groups is 1. The van der Waals surface area contributed by atoms with Gasteiger partial charge in [-0.15, -0.1) is 0 Å². The number of aromatic nitrogens is 1. The quantitative estimate of drug-likeness (QED) is 0.907. The SMILES string of the molecule is CC1(C)C(C(=O)N2CCNCC2c2cccnc2)C1(C)C. The number of hydrogen-bond acceptors (Lipinski definition) is 3. The summed E-state index contributed by atoms with van der Waals surface area (Å²) in [6.07, 6.45) is 3.65. The molecular formula is C17H25N3O. The van der Waals surface area contributed by atoms with Crippen molar-refractivity contribution in [3.63, 3.8) is 0 Å². The number of hydrogen-bond donors (Lipinski definition) is 1. The zero-order chi connectivity index (χ0) is 15.3. The van der Waals surface area contributed by atoms with Crippen molar-refractivity contribution in [2.24, 2.45) is 16.7 Å². The Kier molecular flexibility index (Phi) is 3.32. The molecule has 0 radical (unpaired) electrons. The second kappa shape index (κ2) is 4.80. The van der Waals surface area contributed by atoms with Crippen molar-refractivity contribution in [3.05, 3.63) is 30.1 Å². The van der Waals surface area contributed by atoms with Gasteiger partial charge in [0, 0.05) is 37.9 Å². The van der Waals surface area contributed by atoms with Gasteiger partial charge in [0.1, 0.15) is 0 Å². The van der Waals surface area contributed by atoms with Crippen molar-refractivity contribution in [2.75, 3.05) is 19.6 Å². The Bertz CT molecular complexity index is 524. The third-order valence-electron chi connectivity index (χ3n) is 5.86. The Morgan fingerprint density at radius 2 is 2.05 bits per heavy atom. The van der Waals surface area contributed by atoms with Crippen LogP contribution in [0.4, 0.5) is 0 Å². The largest absolute Gasteiger partial charge is 0.333 e. The predicted octanol–water partition coefficient (Wildman–Crippen LogP) is 2.24. The van der Waals surface area contributed by atoms with Crippen LogP contribution in [0.15, 0.2) is 24.5 Å². The number of carbonyl (C=O) groups excluding carboxylic acids is 1. The summed E-state index contributed by atoms with van der Waals surface area (Å²) in [6.45, 7) is 11.3. The molecule has 1 saturated carbocycles. The third-order valence-corrected chi connectivity index (χ3v) is 5.86. The predicted molar refractivity (Wildman–Crippen MR) is 82.6 cm³/mol. The minimum atomic E-state index is 0.0917. The summed E-state index contributed by atoms with van der Waals surface area (Å²) in [5, 5.41) is 3.40. The van der Waals surface area contributed by atoms with Gasteiger partial charge in [-0.2, -0.15) is 0 Å². The topological polar surface area (TPSA) is 45.2 Å². The molecule has 0 aromatic carbocycles. The van der Waals surface area contributed by atoms with Gasteiger partial charge in [-0.05, 0) is 22.5 Å². The number of piperazine rings is 1. The van der Waals surface area contributed by atoms with E-state index in [1.54, 1.807) is 6.20 Å². The molecule has 21 heavy (non-hydrogen) atoms. The number of nitrogens with one attached hydrogen (secondary N) is 1. The van der Waals surface area contributed by atoms with E-state index in [4.69, 9.17) is 0 Å². The molecule has 2 aliphatic rings. The van der Waals surface area contributed by atoms with Gasteiger partial charge < -0.3 is 10.2 Å². The molecule has 0 bridgehead atoms. The van der Waals surface area contributed by atoms with Crippen molar-refractivity contribution >= 4 is 5.91 Å². The van der Waals surface area contributed by atoms with Gasteiger partial charge in [-0.25, -0.2) is 0 Å². The lowest BCUT2D eigenvalue weighted by Gasteiger charge is -2.37. The molecule has 0 spiro atoms. The standard InChI is InChI=1S/C17H25N3O/c1-16(2)14(17(16,3)4)15(21)20-9-8-19-11-13(20)12-6-5-7-18-10-12/h5-7,10,13-14,19H,8-9,11H2,1-4H3. The molecule has 3 rings (SSSR count). The first-order valence-electron chi connectivity index (χ1n) is 7.78. The van der Waals surface area contributed by atoms with Crippen LogP contribution in [0.1, 0.15) is 39.3 Å². The van der Waals surface area contributed by atoms with Crippen LogP contribution in [0.3, 0.4) is 0 Å². The van der Waals surface area contributed by atoms with E-state index in [2.05, 4.69) is 49.0 Å². The summed E-state index contributed by atoms with van der Waals surface area (Å²) < 4.78 is 0. The molecule has 1 saturated heterocycles. The van der Waals surface area contributed by atoms with E-state index in [9.17, 15) is 4.79 Å². The van der Waals surface area contributed by atoms with Crippen molar-refractivity contribution in [1.82, 2.24) is 15.2 Å². The summed E-state index contributed by atoms with van der Waals surface area (Å²) in [4.78, 5) is 19.3. The zero-order valence-electron chi connectivity index (χ0n) is 13.4. The van der Waals surface area contributed by atoms with Crippen LogP contribution >= 0.6 is 0 Å². The first-order chi connectivity index (χ1) is 9.87. The Morgan fingerprint density at radius 1 is 1.33 bits per heavy atom. The molecule has 1 atom stereocenters. The third kappa shape index (κ3) is 2.16. The first kappa shape index (κ1) is 14.5. The van der Waals surface area contributed by atoms with Crippen LogP contribution in [0.5, 0.6) is 0 Å². The fraction of sp³-hybridized carbons (Fsp3) is 0.647. The smallest absolute Gasteiger partial charge is 0.227 e. The Morgan fingerprint density at radius 3 is 2.62 bits per heavy atom. The van der Waals surface area contributed by atoms with Crippen molar-refractivity contribution in [3.8, 4) is 0 Å². The molecule has 1 aliphatic carbocycles. The van der Waals surface area contributed by atoms with Crippen LogP contribution in [0, 0.1) is 16.7 Å². The second-order valence-electron chi connectivity index (χ2n) is 7.41. The van der Waals surface area contributed by atoms with E-state index in [0.29, 0.717) is 5.91 Å². The van der Waals surface area contributed by atoms with Gasteiger partial charge >= 0.3 is 0 Å². The van der Waals surface area contributed by atoms with Crippen molar-refractivity contribution in [2.45, 2.75) is 33.7 Å². The van der Waals surface area contributed by atoms with Crippen molar-refractivity contribution in [1.29, 1.82) is 0 Å². The molecule has 114 valence electrons. The van der Waals surface area contributed by atoms with Gasteiger partial charge in [0.2, 0.25) is 5.91 Å². The van der Waals surface area contributed by atoms with Gasteiger partial charge in [-0.3, -0.25) is 9.78 Å². The highest BCUT2D eigenvalue weighted by Gasteiger charge is 2.69. The van der Waals surface area contributed by atoms with E-state index in [1.807, 2.05) is 12.3 Å². The van der Waals surface area contributed by atoms with Gasteiger partial charge in [0.15, 0.2) is 0 Å². The van der Waals surface area contributed by atoms with Gasteiger partial charge in [0.25, 0.3) is 0 Å². The first-order valence-corrected chi connectivity index (χ1v) is 7.78. The summed E-state index contributed by atoms with van der Waals surface area (Å²) in [5.74, 6) is 0.433. The lowest BCUT2D eigenvalue weighted by Crippen LogP contribution is -2.49. The number of rotatable bonds is 2. The number of pyridine rings is 1. The Hall–Kier alpha value is -1.42. The van der Waals surface area contributed by atoms with E-state index in [0.717, 1.165) is 25.2 Å². The Balaban J connectivity index is 1.84. The highest BCUT2D eigenvalue weighted by atomic mass is 16.2. The minimum Gasteiger partial charge on any atom is -0.333 e. The molecule has 4 nitrogen and oxygen atoms in total. The normalized spacial score (nSPS) is 27.4. The summed E-state index contributed by atoms with van der Waals surface area (Å²) in [7, 11) is 0. The maximum atomic E-state index is 13.1.